The number of aryl methyl sites for hydroxylation is 1. The van der Waals surface area contributed by atoms with Gasteiger partial charge in [0.05, 0.1) is 11.4 Å². The van der Waals surface area contributed by atoms with Crippen LogP contribution < -0.4 is 5.32 Å². The number of aromatic carboxylic acids is 1. The van der Waals surface area contributed by atoms with Gasteiger partial charge in [-0.25, -0.2) is 4.79 Å². The first kappa shape index (κ1) is 14.3. The van der Waals surface area contributed by atoms with E-state index in [1.807, 2.05) is 13.8 Å². The van der Waals surface area contributed by atoms with E-state index in [-0.39, 0.29) is 16.5 Å². The van der Waals surface area contributed by atoms with Crippen LogP contribution in [0.25, 0.3) is 0 Å². The first-order valence-electron chi connectivity index (χ1n) is 6.00. The lowest BCUT2D eigenvalue weighted by atomic mass is 10.0. The number of carbonyl (C=O) groups excluding carboxylic acids is 1. The molecule has 6 nitrogen and oxygen atoms in total. The molecule has 0 aliphatic carbocycles. The van der Waals surface area contributed by atoms with E-state index in [2.05, 4.69) is 10.5 Å². The SMILES string of the molecule is Cc1noc(C(C)C)c1C(=O)Nc1ccsc1C(=O)O. The van der Waals surface area contributed by atoms with Crippen LogP contribution in [0, 0.1) is 6.92 Å². The average Bonchev–Trinajstić information content (AvgIpc) is 2.95. The smallest absolute Gasteiger partial charge is 0.348 e. The number of thiophene rings is 1. The van der Waals surface area contributed by atoms with Crippen molar-refractivity contribution in [3.05, 3.63) is 33.3 Å². The largest absolute Gasteiger partial charge is 0.477 e. The Hall–Kier alpha value is -2.15. The molecule has 1 amide bonds. The quantitative estimate of drug-likeness (QED) is 0.903. The van der Waals surface area contributed by atoms with Gasteiger partial charge >= 0.3 is 5.97 Å². The molecule has 0 saturated heterocycles. The molecule has 2 heterocycles. The van der Waals surface area contributed by atoms with Crippen LogP contribution >= 0.6 is 11.3 Å². The van der Waals surface area contributed by atoms with Gasteiger partial charge in [-0.05, 0) is 18.4 Å². The second-order valence-corrected chi connectivity index (χ2v) is 5.50. The van der Waals surface area contributed by atoms with Crippen LogP contribution in [0.1, 0.15) is 51.2 Å². The molecule has 0 aromatic carbocycles. The number of hydrogen-bond donors (Lipinski definition) is 2. The third-order valence-corrected chi connectivity index (χ3v) is 3.65. The summed E-state index contributed by atoms with van der Waals surface area (Å²) in [5, 5.41) is 17.0. The van der Waals surface area contributed by atoms with Crippen LogP contribution in [0.4, 0.5) is 5.69 Å². The van der Waals surface area contributed by atoms with E-state index in [1.165, 1.54) is 0 Å². The van der Waals surface area contributed by atoms with E-state index >= 15 is 0 Å². The Kier molecular flexibility index (Phi) is 3.89. The Bertz CT molecular complexity index is 657. The first-order chi connectivity index (χ1) is 9.41. The van der Waals surface area contributed by atoms with Crippen LogP contribution in [0.5, 0.6) is 0 Å². The summed E-state index contributed by atoms with van der Waals surface area (Å²) in [7, 11) is 0. The molecule has 0 aliphatic heterocycles. The summed E-state index contributed by atoms with van der Waals surface area (Å²) in [6.45, 7) is 5.46. The van der Waals surface area contributed by atoms with Crippen LogP contribution in [-0.2, 0) is 0 Å². The Morgan fingerprint density at radius 2 is 2.15 bits per heavy atom. The van der Waals surface area contributed by atoms with Gasteiger partial charge in [-0.1, -0.05) is 19.0 Å². The van der Waals surface area contributed by atoms with E-state index in [9.17, 15) is 9.59 Å². The summed E-state index contributed by atoms with van der Waals surface area (Å²) >= 11 is 1.06. The summed E-state index contributed by atoms with van der Waals surface area (Å²) in [4.78, 5) is 23.4. The first-order valence-corrected chi connectivity index (χ1v) is 6.88. The summed E-state index contributed by atoms with van der Waals surface area (Å²) in [5.41, 5.74) is 1.13. The molecule has 2 aromatic rings. The van der Waals surface area contributed by atoms with Crippen molar-refractivity contribution in [2.75, 3.05) is 5.32 Å². The number of amides is 1. The van der Waals surface area contributed by atoms with E-state index in [1.54, 1.807) is 18.4 Å². The second-order valence-electron chi connectivity index (χ2n) is 4.58. The molecule has 7 heteroatoms. The number of hydrogen-bond acceptors (Lipinski definition) is 5. The molecule has 2 N–H and O–H groups in total. The molecule has 0 unspecified atom stereocenters. The number of rotatable bonds is 4. The zero-order chi connectivity index (χ0) is 14.9. The number of carboxylic acid groups (broad SMARTS) is 1. The molecule has 0 radical (unpaired) electrons. The highest BCUT2D eigenvalue weighted by atomic mass is 32.1. The highest BCUT2D eigenvalue weighted by Crippen LogP contribution is 2.26. The normalized spacial score (nSPS) is 10.8. The third-order valence-electron chi connectivity index (χ3n) is 2.75. The molecule has 0 fully saturated rings. The third kappa shape index (κ3) is 2.57. The molecule has 0 atom stereocenters. The van der Waals surface area contributed by atoms with Crippen LogP contribution in [0.15, 0.2) is 16.0 Å². The number of nitrogens with one attached hydrogen (secondary N) is 1. The molecular weight excluding hydrogens is 280 g/mol. The maximum atomic E-state index is 12.3. The minimum atomic E-state index is -1.07. The van der Waals surface area contributed by atoms with Crippen LogP contribution in [-0.4, -0.2) is 22.1 Å². The van der Waals surface area contributed by atoms with Gasteiger partial charge in [-0.3, -0.25) is 4.79 Å². The second kappa shape index (κ2) is 5.46. The van der Waals surface area contributed by atoms with Gasteiger partial charge in [-0.15, -0.1) is 11.3 Å². The number of nitrogens with zero attached hydrogens (tertiary/aromatic N) is 1. The van der Waals surface area contributed by atoms with Gasteiger partial charge in [0, 0.05) is 5.92 Å². The van der Waals surface area contributed by atoms with Crippen molar-refractivity contribution in [3.63, 3.8) is 0 Å². The standard InChI is InChI=1S/C13H14N2O4S/c1-6(2)10-9(7(3)15-19-10)12(16)14-8-4-5-20-11(8)13(17)18/h4-6H,1-3H3,(H,14,16)(H,17,18). The molecule has 2 aromatic heterocycles. The van der Waals surface area contributed by atoms with E-state index < -0.39 is 11.9 Å². The molecule has 106 valence electrons. The topological polar surface area (TPSA) is 92.4 Å². The van der Waals surface area contributed by atoms with Gasteiger partial charge in [0.1, 0.15) is 10.4 Å². The van der Waals surface area contributed by atoms with Crippen molar-refractivity contribution < 1.29 is 19.2 Å². The van der Waals surface area contributed by atoms with Crippen molar-refractivity contribution >= 4 is 28.9 Å². The highest BCUT2D eigenvalue weighted by molar-refractivity contribution is 7.12. The molecule has 20 heavy (non-hydrogen) atoms. The summed E-state index contributed by atoms with van der Waals surface area (Å²) in [6.07, 6.45) is 0. The molecule has 0 bridgehead atoms. The zero-order valence-corrected chi connectivity index (χ0v) is 12.1. The highest BCUT2D eigenvalue weighted by Gasteiger charge is 2.24. The lowest BCUT2D eigenvalue weighted by molar-refractivity contribution is 0.0703. The fourth-order valence-corrected chi connectivity index (χ4v) is 2.50. The van der Waals surface area contributed by atoms with Crippen LogP contribution in [0.3, 0.4) is 0 Å². The molecule has 0 saturated carbocycles. The minimum Gasteiger partial charge on any atom is -0.477 e. The van der Waals surface area contributed by atoms with Crippen molar-refractivity contribution in [3.8, 4) is 0 Å². The van der Waals surface area contributed by atoms with Gasteiger partial charge in [-0.2, -0.15) is 0 Å². The Balaban J connectivity index is 2.31. The number of carboxylic acids is 1. The molecule has 0 spiro atoms. The summed E-state index contributed by atoms with van der Waals surface area (Å²) in [6, 6.07) is 1.56. The number of aromatic nitrogens is 1. The van der Waals surface area contributed by atoms with Crippen LogP contribution in [0.2, 0.25) is 0 Å². The van der Waals surface area contributed by atoms with Gasteiger partial charge in [0.25, 0.3) is 5.91 Å². The Labute approximate surface area is 119 Å². The summed E-state index contributed by atoms with van der Waals surface area (Å²) in [5.74, 6) is -0.972. The van der Waals surface area contributed by atoms with Gasteiger partial charge in [0.15, 0.2) is 5.76 Å². The Morgan fingerprint density at radius 1 is 1.45 bits per heavy atom. The fourth-order valence-electron chi connectivity index (χ4n) is 1.82. The lowest BCUT2D eigenvalue weighted by Gasteiger charge is -2.06. The predicted octanol–water partition coefficient (Wildman–Crippen LogP) is 3.12. The average molecular weight is 294 g/mol. The molecule has 2 rings (SSSR count). The van der Waals surface area contributed by atoms with Gasteiger partial charge < -0.3 is 14.9 Å². The fraction of sp³-hybridized carbons (Fsp3) is 0.308. The number of carbonyl (C=O) groups is 2. The Morgan fingerprint density at radius 3 is 2.75 bits per heavy atom. The number of anilines is 1. The monoisotopic (exact) mass is 294 g/mol. The maximum Gasteiger partial charge on any atom is 0.348 e. The van der Waals surface area contributed by atoms with E-state index in [0.717, 1.165) is 11.3 Å². The van der Waals surface area contributed by atoms with E-state index in [4.69, 9.17) is 9.63 Å². The van der Waals surface area contributed by atoms with Crippen molar-refractivity contribution in [2.24, 2.45) is 0 Å². The zero-order valence-electron chi connectivity index (χ0n) is 11.3. The molecular formula is C13H14N2O4S. The maximum absolute atomic E-state index is 12.3. The van der Waals surface area contributed by atoms with Crippen molar-refractivity contribution in [2.45, 2.75) is 26.7 Å². The minimum absolute atomic E-state index is 0.0124. The van der Waals surface area contributed by atoms with E-state index in [0.29, 0.717) is 17.0 Å². The molecule has 0 aliphatic rings. The lowest BCUT2D eigenvalue weighted by Crippen LogP contribution is -2.16. The van der Waals surface area contributed by atoms with Gasteiger partial charge in [0.2, 0.25) is 0 Å². The predicted molar refractivity (Wildman–Crippen MR) is 74.6 cm³/mol. The summed E-state index contributed by atoms with van der Waals surface area (Å²) < 4.78 is 5.15. The van der Waals surface area contributed by atoms with Crippen molar-refractivity contribution in [1.29, 1.82) is 0 Å². The van der Waals surface area contributed by atoms with Crippen molar-refractivity contribution in [1.82, 2.24) is 5.16 Å².